The zero-order valence-corrected chi connectivity index (χ0v) is 18.0. The summed E-state index contributed by atoms with van der Waals surface area (Å²) in [5, 5.41) is 11.0. The number of hydrazone groups is 1. The van der Waals surface area contributed by atoms with E-state index in [0.29, 0.717) is 41.9 Å². The maximum absolute atomic E-state index is 13.3. The van der Waals surface area contributed by atoms with Gasteiger partial charge in [-0.15, -0.1) is 0 Å². The van der Waals surface area contributed by atoms with Gasteiger partial charge in [0.25, 0.3) is 5.91 Å². The van der Waals surface area contributed by atoms with E-state index in [0.717, 1.165) is 36.5 Å². The number of rotatable bonds is 6. The van der Waals surface area contributed by atoms with Crippen LogP contribution in [0.25, 0.3) is 0 Å². The van der Waals surface area contributed by atoms with E-state index in [1.807, 2.05) is 24.9 Å². The second-order valence-corrected chi connectivity index (χ2v) is 8.04. The number of nitrogens with zero attached hydrogens (tertiary/aromatic N) is 5. The van der Waals surface area contributed by atoms with Gasteiger partial charge in [-0.3, -0.25) is 10.2 Å². The van der Waals surface area contributed by atoms with E-state index in [4.69, 9.17) is 10.1 Å². The van der Waals surface area contributed by atoms with Gasteiger partial charge in [-0.1, -0.05) is 0 Å². The van der Waals surface area contributed by atoms with E-state index in [9.17, 15) is 4.79 Å². The van der Waals surface area contributed by atoms with Gasteiger partial charge in [0, 0.05) is 62.2 Å². The SMILES string of the molecule is COc1ccc(C(=O)N2CC3CN(c4ncc(C)c(C)n4)CC3C2)c(N/N=C\C=N)c1. The number of benzene rings is 1. The van der Waals surface area contributed by atoms with Gasteiger partial charge in [0.1, 0.15) is 5.75 Å². The largest absolute Gasteiger partial charge is 0.497 e. The van der Waals surface area contributed by atoms with Crippen LogP contribution >= 0.6 is 0 Å². The van der Waals surface area contributed by atoms with Gasteiger partial charge in [0.05, 0.1) is 24.6 Å². The van der Waals surface area contributed by atoms with E-state index in [2.05, 4.69) is 25.4 Å². The average molecular weight is 422 g/mol. The second kappa shape index (κ2) is 8.71. The Kier molecular flexibility index (Phi) is 5.83. The number of ether oxygens (including phenoxy) is 1. The first-order valence-corrected chi connectivity index (χ1v) is 10.3. The molecule has 9 heteroatoms. The number of hydrogen-bond acceptors (Lipinski definition) is 8. The fraction of sp³-hybridized carbons (Fsp3) is 0.409. The third-order valence-electron chi connectivity index (χ3n) is 6.06. The molecule has 2 atom stereocenters. The first-order chi connectivity index (χ1) is 15.0. The average Bonchev–Trinajstić information content (AvgIpc) is 3.35. The highest BCUT2D eigenvalue weighted by Crippen LogP contribution is 2.34. The summed E-state index contributed by atoms with van der Waals surface area (Å²) >= 11 is 0. The monoisotopic (exact) mass is 421 g/mol. The minimum Gasteiger partial charge on any atom is -0.497 e. The van der Waals surface area contributed by atoms with E-state index in [1.54, 1.807) is 25.3 Å². The second-order valence-electron chi connectivity index (χ2n) is 8.04. The van der Waals surface area contributed by atoms with Crippen LogP contribution in [0.4, 0.5) is 11.6 Å². The number of nitrogens with one attached hydrogen (secondary N) is 2. The molecular formula is C22H27N7O2. The molecule has 2 fully saturated rings. The van der Waals surface area contributed by atoms with Crippen LogP contribution in [-0.2, 0) is 0 Å². The summed E-state index contributed by atoms with van der Waals surface area (Å²) in [6.07, 6.45) is 4.26. The van der Waals surface area contributed by atoms with Crippen LogP contribution in [0.3, 0.4) is 0 Å². The minimum atomic E-state index is -0.0291. The molecule has 0 spiro atoms. The van der Waals surface area contributed by atoms with E-state index >= 15 is 0 Å². The van der Waals surface area contributed by atoms with Crippen molar-refractivity contribution in [2.75, 3.05) is 43.6 Å². The summed E-state index contributed by atoms with van der Waals surface area (Å²) < 4.78 is 5.27. The van der Waals surface area contributed by atoms with Crippen molar-refractivity contribution >= 4 is 30.0 Å². The van der Waals surface area contributed by atoms with Gasteiger partial charge in [-0.25, -0.2) is 9.97 Å². The van der Waals surface area contributed by atoms with Crippen molar-refractivity contribution in [2.45, 2.75) is 13.8 Å². The topological polar surface area (TPSA) is 107 Å². The fourth-order valence-electron chi connectivity index (χ4n) is 4.23. The number of methoxy groups -OCH3 is 1. The Hall–Kier alpha value is -3.49. The fourth-order valence-corrected chi connectivity index (χ4v) is 4.23. The molecule has 162 valence electrons. The van der Waals surface area contributed by atoms with Gasteiger partial charge >= 0.3 is 0 Å². The molecular weight excluding hydrogens is 394 g/mol. The molecule has 0 radical (unpaired) electrons. The summed E-state index contributed by atoms with van der Waals surface area (Å²) in [4.78, 5) is 26.6. The van der Waals surface area contributed by atoms with Crippen LogP contribution in [-0.4, -0.2) is 66.5 Å². The Morgan fingerprint density at radius 1 is 1.26 bits per heavy atom. The normalized spacial score (nSPS) is 20.2. The molecule has 2 N–H and O–H groups in total. The molecule has 2 unspecified atom stereocenters. The number of aryl methyl sites for hydroxylation is 2. The highest BCUT2D eigenvalue weighted by molar-refractivity contribution is 6.14. The molecule has 4 rings (SSSR count). The standard InChI is InChI=1S/C22H27N7O2/c1-14-9-24-22(26-15(14)2)29-12-16-10-28(11-17(16)13-29)21(30)19-5-4-18(31-3)8-20(19)27-25-7-6-23/h4-9,16-17,23,27H,10-13H2,1-3H3/b23-6?,25-7-. The van der Waals surface area contributed by atoms with E-state index in [-0.39, 0.29) is 5.91 Å². The molecule has 3 heterocycles. The Morgan fingerprint density at radius 3 is 2.65 bits per heavy atom. The molecule has 1 amide bonds. The van der Waals surface area contributed by atoms with Crippen LogP contribution in [0.15, 0.2) is 29.5 Å². The van der Waals surface area contributed by atoms with Gasteiger partial charge < -0.3 is 19.9 Å². The van der Waals surface area contributed by atoms with Gasteiger partial charge in [0.15, 0.2) is 0 Å². The van der Waals surface area contributed by atoms with Gasteiger partial charge in [-0.2, -0.15) is 5.10 Å². The Balaban J connectivity index is 1.46. The number of aromatic nitrogens is 2. The van der Waals surface area contributed by atoms with Crippen molar-refractivity contribution in [2.24, 2.45) is 16.9 Å². The molecule has 31 heavy (non-hydrogen) atoms. The third-order valence-corrected chi connectivity index (χ3v) is 6.06. The Morgan fingerprint density at radius 2 is 2.00 bits per heavy atom. The van der Waals surface area contributed by atoms with Crippen molar-refractivity contribution in [3.63, 3.8) is 0 Å². The van der Waals surface area contributed by atoms with Gasteiger partial charge in [-0.05, 0) is 31.5 Å². The lowest BCUT2D eigenvalue weighted by Crippen LogP contribution is -2.34. The van der Waals surface area contributed by atoms with Crippen LogP contribution in [0, 0.1) is 31.1 Å². The highest BCUT2D eigenvalue weighted by atomic mass is 16.5. The first kappa shape index (κ1) is 20.8. The lowest BCUT2D eigenvalue weighted by atomic mass is 10.0. The highest BCUT2D eigenvalue weighted by Gasteiger charge is 2.42. The maximum Gasteiger partial charge on any atom is 0.256 e. The Labute approximate surface area is 181 Å². The van der Waals surface area contributed by atoms with Crippen molar-refractivity contribution < 1.29 is 9.53 Å². The number of carbonyl (C=O) groups is 1. The first-order valence-electron chi connectivity index (χ1n) is 10.3. The molecule has 9 nitrogen and oxygen atoms in total. The molecule has 0 aliphatic carbocycles. The lowest BCUT2D eigenvalue weighted by Gasteiger charge is -2.23. The molecule has 1 aromatic heterocycles. The van der Waals surface area contributed by atoms with Crippen LogP contribution in [0.5, 0.6) is 5.75 Å². The lowest BCUT2D eigenvalue weighted by molar-refractivity contribution is 0.0783. The summed E-state index contributed by atoms with van der Waals surface area (Å²) in [5.74, 6) is 2.19. The zero-order chi connectivity index (χ0) is 22.0. The molecule has 2 aromatic rings. The van der Waals surface area contributed by atoms with Crippen molar-refractivity contribution in [1.29, 1.82) is 5.41 Å². The molecule has 2 aliphatic heterocycles. The predicted octanol–water partition coefficient (Wildman–Crippen LogP) is 2.36. The number of anilines is 2. The number of fused-ring (bicyclic) bond motifs is 1. The molecule has 0 bridgehead atoms. The van der Waals surface area contributed by atoms with Crippen molar-refractivity contribution in [1.82, 2.24) is 14.9 Å². The number of carbonyl (C=O) groups excluding carboxylic acids is 1. The van der Waals surface area contributed by atoms with Crippen LogP contribution in [0.2, 0.25) is 0 Å². The summed E-state index contributed by atoms with van der Waals surface area (Å²) in [6, 6.07) is 5.27. The van der Waals surface area contributed by atoms with E-state index < -0.39 is 0 Å². The van der Waals surface area contributed by atoms with Crippen LogP contribution in [0.1, 0.15) is 21.6 Å². The van der Waals surface area contributed by atoms with Crippen molar-refractivity contribution in [3.8, 4) is 5.75 Å². The number of likely N-dealkylation sites (tertiary alicyclic amines) is 1. The maximum atomic E-state index is 13.3. The molecule has 2 saturated heterocycles. The quantitative estimate of drug-likeness (QED) is 0.548. The van der Waals surface area contributed by atoms with E-state index in [1.165, 1.54) is 6.21 Å². The number of hydrogen-bond donors (Lipinski definition) is 2. The third kappa shape index (κ3) is 4.21. The molecule has 1 aromatic carbocycles. The zero-order valence-electron chi connectivity index (χ0n) is 18.0. The summed E-state index contributed by atoms with van der Waals surface area (Å²) in [6.45, 7) is 7.15. The predicted molar refractivity (Wildman–Crippen MR) is 120 cm³/mol. The molecule has 0 saturated carbocycles. The summed E-state index contributed by atoms with van der Waals surface area (Å²) in [7, 11) is 1.58. The van der Waals surface area contributed by atoms with Gasteiger partial charge in [0.2, 0.25) is 5.95 Å². The van der Waals surface area contributed by atoms with Crippen LogP contribution < -0.4 is 15.1 Å². The number of amides is 1. The van der Waals surface area contributed by atoms with Crippen molar-refractivity contribution in [3.05, 3.63) is 41.2 Å². The minimum absolute atomic E-state index is 0.0291. The Bertz CT molecular complexity index is 1010. The smallest absolute Gasteiger partial charge is 0.256 e. The molecule has 2 aliphatic rings. The summed E-state index contributed by atoms with van der Waals surface area (Å²) in [5.41, 5.74) is 6.04.